The molecule has 0 aromatic heterocycles. The summed E-state index contributed by atoms with van der Waals surface area (Å²) in [6.07, 6.45) is 13.0. The molecule has 0 radical (unpaired) electrons. The molecule has 84 valence electrons. The zero-order valence-corrected chi connectivity index (χ0v) is 12.3. The van der Waals surface area contributed by atoms with Gasteiger partial charge in [-0.2, -0.15) is 0 Å². The molecule has 2 aliphatic carbocycles. The van der Waals surface area contributed by atoms with Gasteiger partial charge in [-0.3, -0.25) is 0 Å². The quantitative estimate of drug-likeness (QED) is 0.724. The van der Waals surface area contributed by atoms with E-state index < -0.39 is 0 Å². The Kier molecular flexibility index (Phi) is 5.14. The maximum Gasteiger partial charge on any atom is 0.0434 e. The number of rotatable bonds is 3. The van der Waals surface area contributed by atoms with Crippen LogP contribution in [-0.4, -0.2) is 6.10 Å². The Morgan fingerprint density at radius 1 is 1.06 bits per heavy atom. The molecule has 0 spiro atoms. The predicted octanol–water partition coefficient (Wildman–Crippen LogP) is 3.43. The monoisotopic (exact) mass is 291 g/mol. The van der Waals surface area contributed by atoms with Crippen molar-refractivity contribution in [2.75, 3.05) is 0 Å². The molecule has 2 atom stereocenters. The number of ether oxygens (including phenoxy) is 1. The minimum atomic E-state index is 0. The molecule has 0 N–H and O–H groups in total. The predicted molar refractivity (Wildman–Crippen MR) is 63.0 cm³/mol. The van der Waals surface area contributed by atoms with E-state index in [1.807, 2.05) is 0 Å². The van der Waals surface area contributed by atoms with Gasteiger partial charge < -0.3 is 4.74 Å². The molecule has 0 aromatic carbocycles. The Hall–Kier alpha value is -0.197. The second-order valence-corrected chi connectivity index (χ2v) is 4.27. The van der Waals surface area contributed by atoms with Crippen molar-refractivity contribution < 1.29 is 30.9 Å². The van der Waals surface area contributed by atoms with Crippen LogP contribution in [0.3, 0.4) is 0 Å². The van der Waals surface area contributed by atoms with Gasteiger partial charge in [-0.1, -0.05) is 47.6 Å². The second-order valence-electron chi connectivity index (χ2n) is 4.27. The van der Waals surface area contributed by atoms with Crippen molar-refractivity contribution in [3.63, 3.8) is 0 Å². The Morgan fingerprint density at radius 3 is 1.75 bits per heavy atom. The van der Waals surface area contributed by atoms with Crippen LogP contribution in [0.4, 0.5) is 0 Å². The topological polar surface area (TPSA) is 9.23 Å². The molecule has 1 nitrogen and oxygen atoms in total. The van der Waals surface area contributed by atoms with Gasteiger partial charge in [-0.05, 0) is 13.8 Å². The molecule has 2 aliphatic rings. The Labute approximate surface area is 117 Å². The molecule has 0 bridgehead atoms. The zero-order chi connectivity index (χ0) is 10.8. The van der Waals surface area contributed by atoms with Gasteiger partial charge in [-0.25, -0.2) is 7.11 Å². The van der Waals surface area contributed by atoms with Gasteiger partial charge in [0.25, 0.3) is 0 Å². The van der Waals surface area contributed by atoms with Crippen LogP contribution in [0.2, 0.25) is 0 Å². The fourth-order valence-electron chi connectivity index (χ4n) is 2.35. The van der Waals surface area contributed by atoms with Crippen LogP contribution in [0.1, 0.15) is 13.8 Å². The van der Waals surface area contributed by atoms with E-state index in [9.17, 15) is 0 Å². The number of hydrogen-bond donors (Lipinski definition) is 0. The maximum absolute atomic E-state index is 5.42. The van der Waals surface area contributed by atoms with Crippen LogP contribution >= 0.6 is 0 Å². The van der Waals surface area contributed by atoms with Gasteiger partial charge in [0.15, 0.2) is 0 Å². The van der Waals surface area contributed by atoms with Crippen molar-refractivity contribution in [2.24, 2.45) is 11.8 Å². The van der Waals surface area contributed by atoms with E-state index in [2.05, 4.69) is 57.4 Å². The third-order valence-electron chi connectivity index (χ3n) is 3.31. The van der Waals surface area contributed by atoms with Crippen LogP contribution in [0.25, 0.3) is 0 Å². The molecular formula is C14H17OZr-. The average molecular weight is 293 g/mol. The summed E-state index contributed by atoms with van der Waals surface area (Å²) in [6, 6.07) is 0. The van der Waals surface area contributed by atoms with E-state index in [4.69, 9.17) is 4.74 Å². The molecule has 0 fully saturated rings. The fraction of sp³-hybridized carbons (Fsp3) is 0.357. The summed E-state index contributed by atoms with van der Waals surface area (Å²) in [7, 11) is 3.62. The first-order chi connectivity index (χ1) is 7.24. The average Bonchev–Trinajstić information content (AvgIpc) is 2.80. The maximum atomic E-state index is 5.42. The van der Waals surface area contributed by atoms with Gasteiger partial charge in [0, 0.05) is 44.1 Å². The number of hydrogen-bond acceptors (Lipinski definition) is 1. The molecule has 0 amide bonds. The zero-order valence-electron chi connectivity index (χ0n) is 9.81. The Bertz CT molecular complexity index is 329. The van der Waals surface area contributed by atoms with Gasteiger partial charge >= 0.3 is 0 Å². The molecule has 0 aromatic rings. The Morgan fingerprint density at radius 2 is 1.50 bits per heavy atom. The molecule has 2 heteroatoms. The third-order valence-corrected chi connectivity index (χ3v) is 3.31. The molecule has 0 heterocycles. The molecule has 2 unspecified atom stereocenters. The SMILES string of the molecule is [CH2-]OC(C1C=CC=C1C)C1C=CC=C1C.[Zr]. The van der Waals surface area contributed by atoms with Crippen LogP contribution in [0.5, 0.6) is 0 Å². The molecule has 0 saturated carbocycles. The summed E-state index contributed by atoms with van der Waals surface area (Å²) >= 11 is 0. The minimum Gasteiger partial charge on any atom is -0.551 e. The van der Waals surface area contributed by atoms with E-state index in [1.165, 1.54) is 11.1 Å². The smallest absolute Gasteiger partial charge is 0.0434 e. The normalized spacial score (nSPS) is 28.7. The Balaban J connectivity index is 0.00000128. The van der Waals surface area contributed by atoms with Gasteiger partial charge in [-0.15, -0.1) is 0 Å². The summed E-state index contributed by atoms with van der Waals surface area (Å²) in [5.41, 5.74) is 2.72. The molecule has 0 aliphatic heterocycles. The summed E-state index contributed by atoms with van der Waals surface area (Å²) in [5.74, 6) is 0.747. The molecule has 2 rings (SSSR count). The standard InChI is InChI=1S/C14H17O.Zr/c1-10-6-4-8-12(10)14(15-3)13-9-5-7-11(13)2;/h4-9,12-14H,3H2,1-2H3;/q-1;. The van der Waals surface area contributed by atoms with E-state index in [0.29, 0.717) is 11.8 Å². The van der Waals surface area contributed by atoms with Crippen molar-refractivity contribution in [1.29, 1.82) is 0 Å². The summed E-state index contributed by atoms with van der Waals surface area (Å²) < 4.78 is 5.42. The van der Waals surface area contributed by atoms with E-state index >= 15 is 0 Å². The van der Waals surface area contributed by atoms with Crippen molar-refractivity contribution >= 4 is 0 Å². The molecule has 16 heavy (non-hydrogen) atoms. The van der Waals surface area contributed by atoms with Crippen molar-refractivity contribution in [1.82, 2.24) is 0 Å². The summed E-state index contributed by atoms with van der Waals surface area (Å²) in [5, 5.41) is 0. The third kappa shape index (κ3) is 2.55. The first-order valence-corrected chi connectivity index (χ1v) is 5.35. The first-order valence-electron chi connectivity index (χ1n) is 5.35. The largest absolute Gasteiger partial charge is 0.551 e. The molecule has 0 saturated heterocycles. The van der Waals surface area contributed by atoms with E-state index in [-0.39, 0.29) is 32.3 Å². The second kappa shape index (κ2) is 5.93. The van der Waals surface area contributed by atoms with Crippen LogP contribution in [0, 0.1) is 18.9 Å². The van der Waals surface area contributed by atoms with E-state index in [1.54, 1.807) is 0 Å². The van der Waals surface area contributed by atoms with Gasteiger partial charge in [0.1, 0.15) is 0 Å². The van der Waals surface area contributed by atoms with Crippen LogP contribution < -0.4 is 0 Å². The minimum absolute atomic E-state index is 0. The first kappa shape index (κ1) is 13.9. The molecular weight excluding hydrogens is 275 g/mol. The summed E-state index contributed by atoms with van der Waals surface area (Å²) in [6.45, 7) is 4.29. The van der Waals surface area contributed by atoms with Gasteiger partial charge in [0.05, 0.1) is 0 Å². The van der Waals surface area contributed by atoms with Crippen molar-refractivity contribution in [3.8, 4) is 0 Å². The summed E-state index contributed by atoms with van der Waals surface area (Å²) in [4.78, 5) is 0. The number of allylic oxidation sites excluding steroid dienone is 4. The van der Waals surface area contributed by atoms with Crippen molar-refractivity contribution in [3.05, 3.63) is 54.7 Å². The van der Waals surface area contributed by atoms with Crippen LogP contribution in [0.15, 0.2) is 47.6 Å². The van der Waals surface area contributed by atoms with Gasteiger partial charge in [0.2, 0.25) is 0 Å². The fourth-order valence-corrected chi connectivity index (χ4v) is 2.35. The van der Waals surface area contributed by atoms with E-state index in [0.717, 1.165) is 0 Å². The van der Waals surface area contributed by atoms with Crippen LogP contribution in [-0.2, 0) is 30.9 Å². The van der Waals surface area contributed by atoms with Crippen molar-refractivity contribution in [2.45, 2.75) is 20.0 Å².